The number of halogens is 3. The Morgan fingerprint density at radius 3 is 2.59 bits per heavy atom. The fourth-order valence-corrected chi connectivity index (χ4v) is 4.58. The van der Waals surface area contributed by atoms with Crippen LogP contribution in [0.15, 0.2) is 53.9 Å². The molecule has 1 aromatic heterocycles. The van der Waals surface area contributed by atoms with Crippen LogP contribution in [-0.2, 0) is 23.0 Å². The van der Waals surface area contributed by atoms with Crippen LogP contribution >= 0.6 is 11.3 Å². The molecule has 2 aromatic carbocycles. The van der Waals surface area contributed by atoms with Gasteiger partial charge in [-0.3, -0.25) is 4.79 Å². The number of carbonyl (C=O) groups is 1. The number of benzene rings is 2. The summed E-state index contributed by atoms with van der Waals surface area (Å²) in [5.74, 6) is -0.0364. The number of nitrogens with zero attached hydrogens (tertiary/aromatic N) is 1. The van der Waals surface area contributed by atoms with E-state index in [1.54, 1.807) is 16.2 Å². The summed E-state index contributed by atoms with van der Waals surface area (Å²) in [5, 5.41) is 14.0. The number of likely N-dealkylation sites (tertiary alicyclic amines) is 1. The van der Waals surface area contributed by atoms with E-state index >= 15 is 0 Å². The molecule has 0 saturated carbocycles. The van der Waals surface area contributed by atoms with Gasteiger partial charge in [0.15, 0.2) is 0 Å². The van der Waals surface area contributed by atoms with Gasteiger partial charge in [0.05, 0.1) is 17.6 Å². The second-order valence-electron chi connectivity index (χ2n) is 7.46. The monoisotopic (exact) mass is 419 g/mol. The van der Waals surface area contributed by atoms with Gasteiger partial charge in [-0.2, -0.15) is 13.2 Å². The molecular weight excluding hydrogens is 399 g/mol. The van der Waals surface area contributed by atoms with Crippen LogP contribution in [0.5, 0.6) is 0 Å². The highest BCUT2D eigenvalue weighted by atomic mass is 32.1. The molecule has 1 aliphatic heterocycles. The molecule has 0 aliphatic carbocycles. The fourth-order valence-electron chi connectivity index (χ4n) is 3.81. The lowest BCUT2D eigenvalue weighted by molar-refractivity contribution is -0.137. The second kappa shape index (κ2) is 7.46. The van der Waals surface area contributed by atoms with Crippen molar-refractivity contribution in [2.75, 3.05) is 13.1 Å². The van der Waals surface area contributed by atoms with Crippen molar-refractivity contribution < 1.29 is 23.1 Å². The number of thiophene rings is 1. The predicted molar refractivity (Wildman–Crippen MR) is 107 cm³/mol. The van der Waals surface area contributed by atoms with E-state index in [4.69, 9.17) is 0 Å². The van der Waals surface area contributed by atoms with Gasteiger partial charge in [-0.1, -0.05) is 18.2 Å². The molecule has 1 N–H and O–H groups in total. The lowest BCUT2D eigenvalue weighted by Crippen LogP contribution is -2.45. The Morgan fingerprint density at radius 2 is 1.86 bits per heavy atom. The van der Waals surface area contributed by atoms with Crippen molar-refractivity contribution in [3.8, 4) is 0 Å². The molecule has 1 saturated heterocycles. The molecule has 0 unspecified atom stereocenters. The summed E-state index contributed by atoms with van der Waals surface area (Å²) in [5.41, 5.74) is -0.944. The molecular formula is C22H20F3NO2S. The standard InChI is InChI=1S/C22H20F3NO2S/c23-22(24,25)18-3-1-2-17(14-18)21(28)7-9-26(10-8-21)20(27)13-15-4-5-19-16(12-15)6-11-29-19/h1-6,11-12,14,28H,7-10,13H2. The Labute approximate surface area is 170 Å². The van der Waals surface area contributed by atoms with Crippen molar-refractivity contribution in [3.63, 3.8) is 0 Å². The van der Waals surface area contributed by atoms with Gasteiger partial charge in [0.2, 0.25) is 5.91 Å². The minimum absolute atomic E-state index is 0.0364. The maximum atomic E-state index is 13.0. The number of amides is 1. The first kappa shape index (κ1) is 19.9. The Morgan fingerprint density at radius 1 is 1.10 bits per heavy atom. The minimum Gasteiger partial charge on any atom is -0.385 e. The number of piperidine rings is 1. The largest absolute Gasteiger partial charge is 0.416 e. The Hall–Kier alpha value is -2.38. The summed E-state index contributed by atoms with van der Waals surface area (Å²) in [6, 6.07) is 12.8. The van der Waals surface area contributed by atoms with Gasteiger partial charge in [0.25, 0.3) is 0 Å². The smallest absolute Gasteiger partial charge is 0.385 e. The summed E-state index contributed by atoms with van der Waals surface area (Å²) < 4.78 is 40.1. The molecule has 0 spiro atoms. The third kappa shape index (κ3) is 4.16. The molecule has 3 nitrogen and oxygen atoms in total. The highest BCUT2D eigenvalue weighted by Crippen LogP contribution is 2.37. The summed E-state index contributed by atoms with van der Waals surface area (Å²) in [6.07, 6.45) is -3.76. The third-order valence-corrected chi connectivity index (χ3v) is 6.44. The zero-order chi connectivity index (χ0) is 20.6. The zero-order valence-electron chi connectivity index (χ0n) is 15.6. The van der Waals surface area contributed by atoms with Crippen molar-refractivity contribution in [2.45, 2.75) is 31.0 Å². The summed E-state index contributed by atoms with van der Waals surface area (Å²) in [4.78, 5) is 14.4. The highest BCUT2D eigenvalue weighted by Gasteiger charge is 2.37. The first-order chi connectivity index (χ1) is 13.7. The minimum atomic E-state index is -4.45. The molecule has 0 radical (unpaired) electrons. The van der Waals surface area contributed by atoms with E-state index in [2.05, 4.69) is 0 Å². The van der Waals surface area contributed by atoms with Crippen LogP contribution < -0.4 is 0 Å². The number of fused-ring (bicyclic) bond motifs is 1. The average molecular weight is 419 g/mol. The first-order valence-electron chi connectivity index (χ1n) is 9.39. The van der Waals surface area contributed by atoms with Crippen molar-refractivity contribution in [1.29, 1.82) is 0 Å². The SMILES string of the molecule is O=C(Cc1ccc2sccc2c1)N1CCC(O)(c2cccc(C(F)(F)F)c2)CC1. The molecule has 3 aromatic rings. The van der Waals surface area contributed by atoms with E-state index in [-0.39, 0.29) is 30.7 Å². The zero-order valence-corrected chi connectivity index (χ0v) is 16.4. The van der Waals surface area contributed by atoms with E-state index < -0.39 is 17.3 Å². The van der Waals surface area contributed by atoms with E-state index in [0.717, 1.165) is 23.1 Å². The number of hydrogen-bond acceptors (Lipinski definition) is 3. The van der Waals surface area contributed by atoms with Crippen LogP contribution in [0.1, 0.15) is 29.5 Å². The summed E-state index contributed by atoms with van der Waals surface area (Å²) in [7, 11) is 0. The van der Waals surface area contributed by atoms with Crippen LogP contribution in [0.4, 0.5) is 13.2 Å². The number of aliphatic hydroxyl groups is 1. The van der Waals surface area contributed by atoms with Gasteiger partial charge in [-0.25, -0.2) is 0 Å². The van der Waals surface area contributed by atoms with Crippen LogP contribution in [0.3, 0.4) is 0 Å². The number of hydrogen-bond donors (Lipinski definition) is 1. The number of carbonyl (C=O) groups excluding carboxylic acids is 1. The van der Waals surface area contributed by atoms with Crippen LogP contribution in [0, 0.1) is 0 Å². The van der Waals surface area contributed by atoms with Crippen LogP contribution in [0.2, 0.25) is 0 Å². The Bertz CT molecular complexity index is 1040. The van der Waals surface area contributed by atoms with Crippen molar-refractivity contribution >= 4 is 27.3 Å². The van der Waals surface area contributed by atoms with Gasteiger partial charge in [-0.05, 0) is 65.1 Å². The first-order valence-corrected chi connectivity index (χ1v) is 10.3. The molecule has 29 heavy (non-hydrogen) atoms. The Balaban J connectivity index is 1.42. The van der Waals surface area contributed by atoms with E-state index in [1.807, 2.05) is 29.6 Å². The van der Waals surface area contributed by atoms with Gasteiger partial charge >= 0.3 is 6.18 Å². The quantitative estimate of drug-likeness (QED) is 0.651. The van der Waals surface area contributed by atoms with Crippen molar-refractivity contribution in [2.24, 2.45) is 0 Å². The molecule has 4 rings (SSSR count). The second-order valence-corrected chi connectivity index (χ2v) is 8.41. The van der Waals surface area contributed by atoms with Crippen LogP contribution in [0.25, 0.3) is 10.1 Å². The van der Waals surface area contributed by atoms with Gasteiger partial charge in [0, 0.05) is 17.8 Å². The maximum Gasteiger partial charge on any atom is 0.416 e. The van der Waals surface area contributed by atoms with Crippen LogP contribution in [-0.4, -0.2) is 29.0 Å². The molecule has 2 heterocycles. The molecule has 7 heteroatoms. The number of rotatable bonds is 3. The van der Waals surface area contributed by atoms with E-state index in [0.29, 0.717) is 13.1 Å². The normalized spacial score (nSPS) is 16.9. The molecule has 0 atom stereocenters. The highest BCUT2D eigenvalue weighted by molar-refractivity contribution is 7.17. The van der Waals surface area contributed by atoms with E-state index in [9.17, 15) is 23.1 Å². The maximum absolute atomic E-state index is 13.0. The molecule has 1 amide bonds. The lowest BCUT2D eigenvalue weighted by Gasteiger charge is -2.38. The van der Waals surface area contributed by atoms with Crippen molar-refractivity contribution in [3.05, 3.63) is 70.6 Å². The Kier molecular flexibility index (Phi) is 5.12. The summed E-state index contributed by atoms with van der Waals surface area (Å²) in [6.45, 7) is 0.624. The number of alkyl halides is 3. The summed E-state index contributed by atoms with van der Waals surface area (Å²) >= 11 is 1.65. The molecule has 1 aliphatic rings. The topological polar surface area (TPSA) is 40.5 Å². The van der Waals surface area contributed by atoms with E-state index in [1.165, 1.54) is 16.8 Å². The van der Waals surface area contributed by atoms with Crippen molar-refractivity contribution in [1.82, 2.24) is 4.90 Å². The predicted octanol–water partition coefficient (Wildman–Crippen LogP) is 4.97. The molecule has 0 bridgehead atoms. The average Bonchev–Trinajstić information content (AvgIpc) is 3.16. The fraction of sp³-hybridized carbons (Fsp3) is 0.318. The van der Waals surface area contributed by atoms with Gasteiger partial charge in [-0.15, -0.1) is 11.3 Å². The lowest BCUT2D eigenvalue weighted by atomic mass is 9.83. The van der Waals surface area contributed by atoms with Gasteiger partial charge in [0.1, 0.15) is 0 Å². The van der Waals surface area contributed by atoms with Gasteiger partial charge < -0.3 is 10.0 Å². The molecule has 1 fully saturated rings. The molecule has 152 valence electrons. The third-order valence-electron chi connectivity index (χ3n) is 5.54.